The quantitative estimate of drug-likeness (QED) is 0.479. The van der Waals surface area contributed by atoms with E-state index in [9.17, 15) is 13.6 Å². The maximum Gasteiger partial charge on any atom is 0.269 e. The number of nitrogens with zero attached hydrogens (tertiary/aromatic N) is 1. The predicted molar refractivity (Wildman–Crippen MR) is 58.6 cm³/mol. The Hall–Kier alpha value is -0.500. The number of hydrogen-bond donors (Lipinski definition) is 0. The van der Waals surface area contributed by atoms with Crippen molar-refractivity contribution in [2.45, 2.75) is 6.43 Å². The molecule has 1 aromatic rings. The lowest BCUT2D eigenvalue weighted by Gasteiger charge is -2.11. The van der Waals surface area contributed by atoms with Crippen LogP contribution < -0.4 is 4.74 Å². The zero-order valence-electron chi connectivity index (χ0n) is 7.43. The molecular weight excluding hydrogens is 342 g/mol. The largest absolute Gasteiger partial charge is 0.495 e. The Morgan fingerprint density at radius 2 is 2.27 bits per heavy atom. The summed E-state index contributed by atoms with van der Waals surface area (Å²) in [5, 5.41) is -0.877. The molecule has 0 saturated heterocycles. The van der Waals surface area contributed by atoms with Crippen molar-refractivity contribution in [3.63, 3.8) is 0 Å². The molecule has 0 unspecified atom stereocenters. The predicted octanol–water partition coefficient (Wildman–Crippen LogP) is 3.01. The summed E-state index contributed by atoms with van der Waals surface area (Å²) in [7, 11) is 1.20. The fraction of sp³-hybridized carbons (Fsp3) is 0.250. The molecule has 0 aliphatic rings. The molecule has 82 valence electrons. The normalized spacial score (nSPS) is 10.5. The molecule has 1 rings (SSSR count). The molecule has 7 heteroatoms. The van der Waals surface area contributed by atoms with E-state index in [2.05, 4.69) is 4.98 Å². The van der Waals surface area contributed by atoms with Gasteiger partial charge in [-0.2, -0.15) is 0 Å². The Bertz CT molecular complexity index is 400. The minimum Gasteiger partial charge on any atom is -0.495 e. The number of carbonyl (C=O) groups excluding carboxylic acids is 1. The van der Waals surface area contributed by atoms with Gasteiger partial charge in [0.15, 0.2) is 0 Å². The zero-order chi connectivity index (χ0) is 11.6. The molecule has 0 N–H and O–H groups in total. The van der Waals surface area contributed by atoms with Crippen LogP contribution in [0.2, 0.25) is 0 Å². The third-order valence-electron chi connectivity index (χ3n) is 1.65. The van der Waals surface area contributed by atoms with Crippen molar-refractivity contribution >= 4 is 39.4 Å². The summed E-state index contributed by atoms with van der Waals surface area (Å²) in [6, 6.07) is 0. The Kier molecular flexibility index (Phi) is 4.21. The van der Waals surface area contributed by atoms with Crippen LogP contribution >= 0.6 is 34.2 Å². The van der Waals surface area contributed by atoms with Gasteiger partial charge in [-0.25, -0.2) is 13.8 Å². The highest BCUT2D eigenvalue weighted by Gasteiger charge is 2.24. The Morgan fingerprint density at radius 3 is 2.67 bits per heavy atom. The van der Waals surface area contributed by atoms with Gasteiger partial charge in [-0.3, -0.25) is 4.79 Å². The first-order valence-corrected chi connectivity index (χ1v) is 5.15. The number of halogens is 4. The number of carbonyl (C=O) groups is 1. The molecule has 0 aliphatic carbocycles. The number of rotatable bonds is 3. The number of pyridine rings is 1. The summed E-state index contributed by atoms with van der Waals surface area (Å²) < 4.78 is 30.1. The molecular formula is C8H5ClF2INO2. The average Bonchev–Trinajstić information content (AvgIpc) is 2.15. The molecule has 0 spiro atoms. The van der Waals surface area contributed by atoms with Crippen molar-refractivity contribution in [2.24, 2.45) is 0 Å². The van der Waals surface area contributed by atoms with Crippen LogP contribution in [-0.2, 0) is 0 Å². The van der Waals surface area contributed by atoms with Gasteiger partial charge in [-0.1, -0.05) is 0 Å². The first kappa shape index (κ1) is 12.6. The minimum atomic E-state index is -2.77. The van der Waals surface area contributed by atoms with Gasteiger partial charge >= 0.3 is 0 Å². The van der Waals surface area contributed by atoms with Gasteiger partial charge in [0.2, 0.25) is 0 Å². The molecule has 0 radical (unpaired) electrons. The fourth-order valence-corrected chi connectivity index (χ4v) is 1.79. The number of hydrogen-bond acceptors (Lipinski definition) is 3. The molecule has 1 aromatic heterocycles. The Balaban J connectivity index is 3.47. The van der Waals surface area contributed by atoms with Crippen molar-refractivity contribution in [3.8, 4) is 5.75 Å². The van der Waals surface area contributed by atoms with E-state index in [1.54, 1.807) is 22.6 Å². The maximum atomic E-state index is 12.6. The van der Waals surface area contributed by atoms with Crippen LogP contribution in [0, 0.1) is 3.70 Å². The van der Waals surface area contributed by atoms with Crippen LogP contribution in [0.25, 0.3) is 0 Å². The number of methoxy groups -OCH3 is 1. The topological polar surface area (TPSA) is 39.2 Å². The molecule has 0 aromatic carbocycles. The van der Waals surface area contributed by atoms with E-state index >= 15 is 0 Å². The second-order valence-electron chi connectivity index (χ2n) is 2.48. The molecule has 0 atom stereocenters. The lowest BCUT2D eigenvalue weighted by molar-refractivity contribution is 0.107. The van der Waals surface area contributed by atoms with E-state index in [1.807, 2.05) is 0 Å². The van der Waals surface area contributed by atoms with Gasteiger partial charge in [0.05, 0.1) is 18.2 Å². The third-order valence-corrected chi connectivity index (χ3v) is 2.72. The van der Waals surface area contributed by atoms with Gasteiger partial charge in [0, 0.05) is 6.20 Å². The molecule has 0 amide bonds. The summed E-state index contributed by atoms with van der Waals surface area (Å²) in [4.78, 5) is 14.6. The van der Waals surface area contributed by atoms with Crippen molar-refractivity contribution in [1.82, 2.24) is 4.98 Å². The second-order valence-corrected chi connectivity index (χ2v) is 3.85. The maximum absolute atomic E-state index is 12.6. The molecule has 0 saturated carbocycles. The van der Waals surface area contributed by atoms with Crippen molar-refractivity contribution in [3.05, 3.63) is 21.0 Å². The molecule has 3 nitrogen and oxygen atoms in total. The van der Waals surface area contributed by atoms with E-state index in [0.29, 0.717) is 0 Å². The lowest BCUT2D eigenvalue weighted by atomic mass is 10.2. The summed E-state index contributed by atoms with van der Waals surface area (Å²) in [6.45, 7) is 0. The lowest BCUT2D eigenvalue weighted by Crippen LogP contribution is -2.04. The smallest absolute Gasteiger partial charge is 0.269 e. The fourth-order valence-electron chi connectivity index (χ4n) is 1.04. The van der Waals surface area contributed by atoms with Crippen molar-refractivity contribution in [2.75, 3.05) is 7.11 Å². The van der Waals surface area contributed by atoms with Gasteiger partial charge in [0.25, 0.3) is 11.7 Å². The molecule has 0 bridgehead atoms. The highest BCUT2D eigenvalue weighted by atomic mass is 127. The summed E-state index contributed by atoms with van der Waals surface area (Å²) >= 11 is 6.85. The van der Waals surface area contributed by atoms with Crippen molar-refractivity contribution < 1.29 is 18.3 Å². The van der Waals surface area contributed by atoms with Crippen LogP contribution in [0.4, 0.5) is 8.78 Å². The van der Waals surface area contributed by atoms with Gasteiger partial charge in [-0.15, -0.1) is 0 Å². The monoisotopic (exact) mass is 347 g/mol. The van der Waals surface area contributed by atoms with Gasteiger partial charge in [-0.05, 0) is 34.2 Å². The molecule has 1 heterocycles. The van der Waals surface area contributed by atoms with E-state index in [-0.39, 0.29) is 15.0 Å². The molecule has 15 heavy (non-hydrogen) atoms. The van der Waals surface area contributed by atoms with Crippen LogP contribution in [-0.4, -0.2) is 17.3 Å². The highest BCUT2D eigenvalue weighted by Crippen LogP contribution is 2.35. The number of aromatic nitrogens is 1. The van der Waals surface area contributed by atoms with Crippen LogP contribution in [0.15, 0.2) is 6.20 Å². The second kappa shape index (κ2) is 5.02. The Morgan fingerprint density at radius 1 is 1.67 bits per heavy atom. The van der Waals surface area contributed by atoms with Crippen LogP contribution in [0.3, 0.4) is 0 Å². The van der Waals surface area contributed by atoms with E-state index in [4.69, 9.17) is 16.3 Å². The summed E-state index contributed by atoms with van der Waals surface area (Å²) in [6.07, 6.45) is -1.66. The Labute approximate surface area is 103 Å². The number of ether oxygens (including phenoxy) is 1. The average molecular weight is 347 g/mol. The van der Waals surface area contributed by atoms with E-state index < -0.39 is 17.2 Å². The van der Waals surface area contributed by atoms with E-state index in [0.717, 1.165) is 6.20 Å². The number of alkyl halides is 2. The SMILES string of the molecule is COc1c(C(=O)Cl)cnc(I)c1C(F)F. The van der Waals surface area contributed by atoms with Gasteiger partial charge < -0.3 is 4.74 Å². The highest BCUT2D eigenvalue weighted by molar-refractivity contribution is 14.1. The first-order valence-electron chi connectivity index (χ1n) is 3.69. The van der Waals surface area contributed by atoms with Gasteiger partial charge in [0.1, 0.15) is 9.45 Å². The first-order chi connectivity index (χ1) is 6.99. The van der Waals surface area contributed by atoms with E-state index in [1.165, 1.54) is 7.11 Å². The summed E-state index contributed by atoms with van der Waals surface area (Å²) in [5.74, 6) is -0.218. The van der Waals surface area contributed by atoms with Crippen LogP contribution in [0.5, 0.6) is 5.75 Å². The third kappa shape index (κ3) is 2.54. The standard InChI is InChI=1S/C8H5ClF2INO2/c1-15-5-3(6(9)14)2-13-8(12)4(5)7(10)11/h2,7H,1H3. The summed E-state index contributed by atoms with van der Waals surface area (Å²) in [5.41, 5.74) is -0.570. The molecule has 0 fully saturated rings. The minimum absolute atomic E-state index is 0.0844. The molecule has 0 aliphatic heterocycles. The van der Waals surface area contributed by atoms with Crippen molar-refractivity contribution in [1.29, 1.82) is 0 Å². The van der Waals surface area contributed by atoms with Crippen LogP contribution in [0.1, 0.15) is 22.3 Å². The zero-order valence-corrected chi connectivity index (χ0v) is 10.3.